The van der Waals surface area contributed by atoms with Gasteiger partial charge >= 0.3 is 5.97 Å². The van der Waals surface area contributed by atoms with E-state index in [1.54, 1.807) is 13.8 Å². The largest absolute Gasteiger partial charge is 0.481 e. The van der Waals surface area contributed by atoms with Gasteiger partial charge in [-0.15, -0.1) is 0 Å². The molecule has 0 bridgehead atoms. The number of carboxylic acid groups (broad SMARTS) is 1. The van der Waals surface area contributed by atoms with E-state index in [-0.39, 0.29) is 18.1 Å². The molecule has 0 unspecified atom stereocenters. The van der Waals surface area contributed by atoms with E-state index >= 15 is 0 Å². The van der Waals surface area contributed by atoms with Crippen LogP contribution in [0.3, 0.4) is 0 Å². The first-order valence-corrected chi connectivity index (χ1v) is 4.05. The van der Waals surface area contributed by atoms with Crippen molar-refractivity contribution < 1.29 is 14.7 Å². The van der Waals surface area contributed by atoms with Crippen LogP contribution in [0.2, 0.25) is 0 Å². The monoisotopic (exact) mass is 182 g/mol. The maximum absolute atomic E-state index is 11.1. The fourth-order valence-corrected chi connectivity index (χ4v) is 0.646. The van der Waals surface area contributed by atoms with Gasteiger partial charge in [0.2, 0.25) is 0 Å². The van der Waals surface area contributed by atoms with E-state index in [2.05, 4.69) is 6.58 Å². The number of allylic oxidation sites excluding steroid dienone is 2. The van der Waals surface area contributed by atoms with Crippen molar-refractivity contribution in [1.29, 1.82) is 0 Å². The number of carboxylic acids is 1. The Labute approximate surface area is 77.8 Å². The van der Waals surface area contributed by atoms with E-state index in [0.29, 0.717) is 5.57 Å². The third-order valence-electron chi connectivity index (χ3n) is 1.43. The average molecular weight is 182 g/mol. The van der Waals surface area contributed by atoms with E-state index in [1.165, 1.54) is 12.2 Å². The highest BCUT2D eigenvalue weighted by molar-refractivity contribution is 5.91. The van der Waals surface area contributed by atoms with Crippen molar-refractivity contribution in [2.75, 3.05) is 0 Å². The summed E-state index contributed by atoms with van der Waals surface area (Å²) in [7, 11) is 0. The Hall–Kier alpha value is -1.38. The third-order valence-corrected chi connectivity index (χ3v) is 1.43. The second kappa shape index (κ2) is 5.30. The lowest BCUT2D eigenvalue weighted by Gasteiger charge is -1.97. The zero-order valence-corrected chi connectivity index (χ0v) is 7.91. The summed E-state index contributed by atoms with van der Waals surface area (Å²) >= 11 is 0. The van der Waals surface area contributed by atoms with E-state index in [9.17, 15) is 9.59 Å². The molecule has 72 valence electrons. The molecule has 0 atom stereocenters. The van der Waals surface area contributed by atoms with Crippen molar-refractivity contribution in [3.63, 3.8) is 0 Å². The summed E-state index contributed by atoms with van der Waals surface area (Å²) in [4.78, 5) is 21.3. The van der Waals surface area contributed by atoms with Crippen molar-refractivity contribution >= 4 is 11.8 Å². The second-order valence-corrected chi connectivity index (χ2v) is 3.12. The van der Waals surface area contributed by atoms with Crippen LogP contribution in [0.15, 0.2) is 24.3 Å². The number of ketones is 1. The molecule has 0 aromatic heterocycles. The second-order valence-electron chi connectivity index (χ2n) is 3.12. The number of hydrogen-bond acceptors (Lipinski definition) is 2. The van der Waals surface area contributed by atoms with Crippen LogP contribution in [0.5, 0.6) is 0 Å². The Kier molecular flexibility index (Phi) is 4.74. The van der Waals surface area contributed by atoms with Crippen molar-refractivity contribution in [2.45, 2.75) is 20.3 Å². The summed E-state index contributed by atoms with van der Waals surface area (Å²) < 4.78 is 0. The minimum Gasteiger partial charge on any atom is -0.481 e. The van der Waals surface area contributed by atoms with Gasteiger partial charge in [0.05, 0.1) is 6.42 Å². The number of carbonyl (C=O) groups excluding carboxylic acids is 1. The molecular weight excluding hydrogens is 168 g/mol. The van der Waals surface area contributed by atoms with E-state index < -0.39 is 5.97 Å². The zero-order chi connectivity index (χ0) is 10.4. The summed E-state index contributed by atoms with van der Waals surface area (Å²) in [6.07, 6.45) is 2.70. The maximum atomic E-state index is 11.1. The summed E-state index contributed by atoms with van der Waals surface area (Å²) in [5.74, 6) is -1.02. The molecule has 0 saturated heterocycles. The lowest BCUT2D eigenvalue weighted by atomic mass is 10.1. The highest BCUT2D eigenvalue weighted by Crippen LogP contribution is 2.02. The molecular formula is C10H14O3. The molecule has 0 radical (unpaired) electrons. The molecule has 0 aromatic rings. The molecule has 0 aliphatic rings. The molecule has 0 aliphatic carbocycles. The predicted molar refractivity (Wildman–Crippen MR) is 50.4 cm³/mol. The van der Waals surface area contributed by atoms with Gasteiger partial charge in [-0.1, -0.05) is 26.5 Å². The molecule has 13 heavy (non-hydrogen) atoms. The van der Waals surface area contributed by atoms with Gasteiger partial charge in [0, 0.05) is 5.92 Å². The fraction of sp³-hybridized carbons (Fsp3) is 0.400. The quantitative estimate of drug-likeness (QED) is 0.521. The van der Waals surface area contributed by atoms with E-state index in [1.807, 2.05) is 0 Å². The molecule has 0 fully saturated rings. The van der Waals surface area contributed by atoms with Crippen LogP contribution in [0.4, 0.5) is 0 Å². The Balaban J connectivity index is 4.05. The molecule has 3 nitrogen and oxygen atoms in total. The Morgan fingerprint density at radius 2 is 1.92 bits per heavy atom. The molecule has 0 heterocycles. The molecule has 0 saturated carbocycles. The minimum atomic E-state index is -0.938. The van der Waals surface area contributed by atoms with Gasteiger partial charge in [-0.25, -0.2) is 0 Å². The molecule has 3 heteroatoms. The van der Waals surface area contributed by atoms with E-state index in [0.717, 1.165) is 0 Å². The zero-order valence-electron chi connectivity index (χ0n) is 7.91. The minimum absolute atomic E-state index is 0.0217. The van der Waals surface area contributed by atoms with Crippen LogP contribution < -0.4 is 0 Å². The molecule has 0 rings (SSSR count). The molecule has 0 amide bonds. The van der Waals surface area contributed by atoms with Crippen LogP contribution in [0, 0.1) is 5.92 Å². The number of carbonyl (C=O) groups is 2. The van der Waals surface area contributed by atoms with Gasteiger partial charge in [-0.3, -0.25) is 9.59 Å². The van der Waals surface area contributed by atoms with Gasteiger partial charge in [-0.2, -0.15) is 0 Å². The van der Waals surface area contributed by atoms with Gasteiger partial charge in [-0.05, 0) is 11.6 Å². The first-order chi connectivity index (χ1) is 5.93. The van der Waals surface area contributed by atoms with Gasteiger partial charge in [0.15, 0.2) is 5.78 Å². The smallest absolute Gasteiger partial charge is 0.307 e. The van der Waals surface area contributed by atoms with Crippen molar-refractivity contribution in [1.82, 2.24) is 0 Å². The molecule has 0 aromatic carbocycles. The van der Waals surface area contributed by atoms with Crippen LogP contribution in [0.25, 0.3) is 0 Å². The maximum Gasteiger partial charge on any atom is 0.307 e. The van der Waals surface area contributed by atoms with Crippen LogP contribution >= 0.6 is 0 Å². The van der Waals surface area contributed by atoms with Crippen LogP contribution in [0.1, 0.15) is 20.3 Å². The third kappa shape index (κ3) is 5.84. The van der Waals surface area contributed by atoms with Gasteiger partial charge in [0.25, 0.3) is 0 Å². The number of rotatable bonds is 5. The van der Waals surface area contributed by atoms with Crippen LogP contribution in [-0.4, -0.2) is 16.9 Å². The van der Waals surface area contributed by atoms with Gasteiger partial charge < -0.3 is 5.11 Å². The first kappa shape index (κ1) is 11.6. The SMILES string of the molecule is C=C(/C=C\C(=O)C(C)C)CC(=O)O. The fourth-order valence-electron chi connectivity index (χ4n) is 0.646. The Morgan fingerprint density at radius 1 is 1.38 bits per heavy atom. The van der Waals surface area contributed by atoms with Crippen molar-refractivity contribution in [2.24, 2.45) is 5.92 Å². The van der Waals surface area contributed by atoms with Crippen molar-refractivity contribution in [3.05, 3.63) is 24.3 Å². The first-order valence-electron chi connectivity index (χ1n) is 4.05. The number of hydrogen-bond donors (Lipinski definition) is 1. The van der Waals surface area contributed by atoms with E-state index in [4.69, 9.17) is 5.11 Å². The number of aliphatic carboxylic acids is 1. The molecule has 0 spiro atoms. The normalized spacial score (nSPS) is 10.7. The van der Waals surface area contributed by atoms with Gasteiger partial charge in [0.1, 0.15) is 0 Å². The average Bonchev–Trinajstić information content (AvgIpc) is 1.98. The highest BCUT2D eigenvalue weighted by atomic mass is 16.4. The summed E-state index contributed by atoms with van der Waals surface area (Å²) in [6, 6.07) is 0. The summed E-state index contributed by atoms with van der Waals surface area (Å²) in [6.45, 7) is 7.07. The molecule has 0 aliphatic heterocycles. The summed E-state index contributed by atoms with van der Waals surface area (Å²) in [5, 5.41) is 8.38. The molecule has 1 N–H and O–H groups in total. The Bertz CT molecular complexity index is 249. The standard InChI is InChI=1S/C10H14O3/c1-7(2)9(11)5-4-8(3)6-10(12)13/h4-5,7H,3,6H2,1-2H3,(H,12,13)/b5-4-. The Morgan fingerprint density at radius 3 is 2.31 bits per heavy atom. The topological polar surface area (TPSA) is 54.4 Å². The highest BCUT2D eigenvalue weighted by Gasteiger charge is 2.02. The predicted octanol–water partition coefficient (Wildman–Crippen LogP) is 1.80. The lowest BCUT2D eigenvalue weighted by Crippen LogP contribution is -2.02. The van der Waals surface area contributed by atoms with Crippen LogP contribution in [-0.2, 0) is 9.59 Å². The lowest BCUT2D eigenvalue weighted by molar-refractivity contribution is -0.136. The van der Waals surface area contributed by atoms with Crippen molar-refractivity contribution in [3.8, 4) is 0 Å². The summed E-state index contributed by atoms with van der Waals surface area (Å²) in [5.41, 5.74) is 0.432.